The molecule has 0 aliphatic rings. The summed E-state index contributed by atoms with van der Waals surface area (Å²) in [5.41, 5.74) is 3.26. The summed E-state index contributed by atoms with van der Waals surface area (Å²) in [4.78, 5) is 35.3. The number of nitrogens with one attached hydrogen (secondary N) is 3. The molecule has 0 fully saturated rings. The molecule has 2 aromatic carbocycles. The van der Waals surface area contributed by atoms with Gasteiger partial charge in [0.15, 0.2) is 6.61 Å². The van der Waals surface area contributed by atoms with E-state index in [0.717, 1.165) is 0 Å². The third kappa shape index (κ3) is 8.27. The van der Waals surface area contributed by atoms with Crippen molar-refractivity contribution in [3.05, 3.63) is 58.1 Å². The highest BCUT2D eigenvalue weighted by molar-refractivity contribution is 6.36. The van der Waals surface area contributed by atoms with Gasteiger partial charge >= 0.3 is 11.8 Å². The summed E-state index contributed by atoms with van der Waals surface area (Å²) in [6, 6.07) is 11.3. The molecule has 0 spiro atoms. The number of ether oxygens (including phenoxy) is 1. The van der Waals surface area contributed by atoms with E-state index in [4.69, 9.17) is 27.9 Å². The van der Waals surface area contributed by atoms with Crippen molar-refractivity contribution in [1.29, 1.82) is 0 Å². The molecule has 8 nitrogen and oxygen atoms in total. The molecule has 2 aromatic rings. The number of carbonyl (C=O) groups excluding carboxylic acids is 3. The summed E-state index contributed by atoms with van der Waals surface area (Å²) in [7, 11) is 0. The van der Waals surface area contributed by atoms with Crippen LogP contribution in [-0.2, 0) is 14.4 Å². The van der Waals surface area contributed by atoms with Crippen LogP contribution in [0.1, 0.15) is 25.8 Å². The average molecular weight is 465 g/mol. The van der Waals surface area contributed by atoms with Crippen LogP contribution in [-0.4, -0.2) is 36.6 Å². The fourth-order valence-corrected chi connectivity index (χ4v) is 2.64. The van der Waals surface area contributed by atoms with Crippen LogP contribution in [0.4, 0.5) is 5.69 Å². The monoisotopic (exact) mass is 464 g/mol. The lowest BCUT2D eigenvalue weighted by Gasteiger charge is -2.09. The van der Waals surface area contributed by atoms with Crippen LogP contribution in [0.5, 0.6) is 5.75 Å². The Balaban J connectivity index is 1.79. The van der Waals surface area contributed by atoms with Crippen molar-refractivity contribution in [2.75, 3.05) is 11.9 Å². The number of nitrogens with zero attached hydrogens (tertiary/aromatic N) is 1. The summed E-state index contributed by atoms with van der Waals surface area (Å²) >= 11 is 11.8. The number of anilines is 1. The van der Waals surface area contributed by atoms with Gasteiger partial charge in [-0.1, -0.05) is 30.1 Å². The van der Waals surface area contributed by atoms with Crippen molar-refractivity contribution in [2.45, 2.75) is 26.3 Å². The Morgan fingerprint density at radius 2 is 1.81 bits per heavy atom. The standard InChI is InChI=1S/C21H22Cl2N4O4/c1-3-13(2)25-20(29)21(30)27-24-11-14-4-7-16(8-5-14)31-12-19(28)26-18-9-6-15(22)10-17(18)23/h4-11,13H,3,12H2,1-2H3,(H,25,29)(H,26,28)(H,27,30)/b24-11-/t13-/m1/s1. The molecule has 0 bridgehead atoms. The SMILES string of the molecule is CC[C@@H](C)NC(=O)C(=O)N/N=C\c1ccc(OCC(=O)Nc2ccc(Cl)cc2Cl)cc1. The van der Waals surface area contributed by atoms with Gasteiger partial charge in [0.1, 0.15) is 5.75 Å². The number of benzene rings is 2. The van der Waals surface area contributed by atoms with Crippen LogP contribution in [0, 0.1) is 0 Å². The minimum atomic E-state index is -0.844. The average Bonchev–Trinajstić information content (AvgIpc) is 2.74. The summed E-state index contributed by atoms with van der Waals surface area (Å²) in [6.07, 6.45) is 2.10. The molecule has 0 aromatic heterocycles. The summed E-state index contributed by atoms with van der Waals surface area (Å²) in [6.45, 7) is 3.48. The lowest BCUT2D eigenvalue weighted by Crippen LogP contribution is -2.41. The fourth-order valence-electron chi connectivity index (χ4n) is 2.18. The van der Waals surface area contributed by atoms with Crippen LogP contribution in [0.3, 0.4) is 0 Å². The quantitative estimate of drug-likeness (QED) is 0.316. The van der Waals surface area contributed by atoms with E-state index in [1.54, 1.807) is 43.3 Å². The first-order valence-electron chi connectivity index (χ1n) is 9.40. The minimum Gasteiger partial charge on any atom is -0.484 e. The third-order valence-electron chi connectivity index (χ3n) is 4.03. The van der Waals surface area contributed by atoms with E-state index in [1.165, 1.54) is 12.3 Å². The Labute approximate surface area is 189 Å². The first kappa shape index (κ1) is 24.2. The molecule has 0 heterocycles. The third-order valence-corrected chi connectivity index (χ3v) is 4.58. The van der Waals surface area contributed by atoms with E-state index >= 15 is 0 Å². The fraction of sp³-hybridized carbons (Fsp3) is 0.238. The highest BCUT2D eigenvalue weighted by atomic mass is 35.5. The van der Waals surface area contributed by atoms with E-state index in [1.807, 2.05) is 6.92 Å². The maximum atomic E-state index is 12.0. The van der Waals surface area contributed by atoms with E-state index in [-0.39, 0.29) is 18.6 Å². The second kappa shape index (κ2) is 11.9. The summed E-state index contributed by atoms with van der Waals surface area (Å²) in [5, 5.41) is 9.72. The Hall–Kier alpha value is -3.10. The minimum absolute atomic E-state index is 0.0972. The first-order chi connectivity index (χ1) is 14.8. The van der Waals surface area contributed by atoms with Crippen molar-refractivity contribution < 1.29 is 19.1 Å². The smallest absolute Gasteiger partial charge is 0.329 e. The zero-order valence-electron chi connectivity index (χ0n) is 16.9. The van der Waals surface area contributed by atoms with E-state index in [9.17, 15) is 14.4 Å². The maximum absolute atomic E-state index is 12.0. The molecule has 0 unspecified atom stereocenters. The number of carbonyl (C=O) groups is 3. The molecule has 1 atom stereocenters. The molecule has 3 N–H and O–H groups in total. The maximum Gasteiger partial charge on any atom is 0.329 e. The van der Waals surface area contributed by atoms with Gasteiger partial charge in [0.2, 0.25) is 0 Å². The van der Waals surface area contributed by atoms with Gasteiger partial charge in [-0.05, 0) is 61.4 Å². The molecule has 0 radical (unpaired) electrons. The largest absolute Gasteiger partial charge is 0.484 e. The zero-order valence-corrected chi connectivity index (χ0v) is 18.5. The predicted molar refractivity (Wildman–Crippen MR) is 121 cm³/mol. The molecule has 0 saturated carbocycles. The molecule has 0 saturated heterocycles. The van der Waals surface area contributed by atoms with Gasteiger partial charge in [0.25, 0.3) is 5.91 Å². The molecular weight excluding hydrogens is 443 g/mol. The van der Waals surface area contributed by atoms with Crippen molar-refractivity contribution in [3.8, 4) is 5.75 Å². The van der Waals surface area contributed by atoms with E-state index in [2.05, 4.69) is 21.2 Å². The second-order valence-electron chi connectivity index (χ2n) is 6.51. The van der Waals surface area contributed by atoms with E-state index < -0.39 is 11.8 Å². The number of hydrazone groups is 1. The Morgan fingerprint density at radius 1 is 1.10 bits per heavy atom. The second-order valence-corrected chi connectivity index (χ2v) is 7.36. The number of hydrogen-bond acceptors (Lipinski definition) is 5. The number of rotatable bonds is 8. The van der Waals surface area contributed by atoms with Crippen LogP contribution < -0.4 is 20.8 Å². The number of halogens is 2. The van der Waals surface area contributed by atoms with Gasteiger partial charge in [-0.25, -0.2) is 5.43 Å². The van der Waals surface area contributed by atoms with Crippen LogP contribution in [0.15, 0.2) is 47.6 Å². The lowest BCUT2D eigenvalue weighted by molar-refractivity contribution is -0.139. The van der Waals surface area contributed by atoms with E-state index in [0.29, 0.717) is 33.5 Å². The highest BCUT2D eigenvalue weighted by Gasteiger charge is 2.14. The molecular formula is C21H22Cl2N4O4. The van der Waals surface area contributed by atoms with Gasteiger partial charge in [0, 0.05) is 11.1 Å². The van der Waals surface area contributed by atoms with Crippen molar-refractivity contribution in [1.82, 2.24) is 10.7 Å². The molecule has 0 aliphatic carbocycles. The predicted octanol–water partition coefficient (Wildman–Crippen LogP) is 3.38. The van der Waals surface area contributed by atoms with Crippen LogP contribution >= 0.6 is 23.2 Å². The van der Waals surface area contributed by atoms with Gasteiger partial charge < -0.3 is 15.4 Å². The summed E-state index contributed by atoms with van der Waals surface area (Å²) in [5.74, 6) is -1.50. The summed E-state index contributed by atoms with van der Waals surface area (Å²) < 4.78 is 5.43. The van der Waals surface area contributed by atoms with Gasteiger partial charge in [0.05, 0.1) is 16.9 Å². The normalized spacial score (nSPS) is 11.6. The highest BCUT2D eigenvalue weighted by Crippen LogP contribution is 2.25. The van der Waals surface area contributed by atoms with Crippen molar-refractivity contribution >= 4 is 52.8 Å². The molecule has 3 amide bonds. The first-order valence-corrected chi connectivity index (χ1v) is 10.2. The van der Waals surface area contributed by atoms with Crippen LogP contribution in [0.2, 0.25) is 10.0 Å². The lowest BCUT2D eigenvalue weighted by atomic mass is 10.2. The topological polar surface area (TPSA) is 109 Å². The molecule has 0 aliphatic heterocycles. The number of amides is 3. The van der Waals surface area contributed by atoms with Gasteiger partial charge in [-0.3, -0.25) is 14.4 Å². The molecule has 164 valence electrons. The Kier molecular flexibility index (Phi) is 9.30. The Bertz CT molecular complexity index is 964. The Morgan fingerprint density at radius 3 is 2.45 bits per heavy atom. The molecule has 10 heteroatoms. The van der Waals surface area contributed by atoms with Crippen molar-refractivity contribution in [2.24, 2.45) is 5.10 Å². The zero-order chi connectivity index (χ0) is 22.8. The van der Waals surface area contributed by atoms with Gasteiger partial charge in [-0.15, -0.1) is 0 Å². The van der Waals surface area contributed by atoms with Crippen LogP contribution in [0.25, 0.3) is 0 Å². The molecule has 2 rings (SSSR count). The molecule has 31 heavy (non-hydrogen) atoms. The number of hydrogen-bond donors (Lipinski definition) is 3. The van der Waals surface area contributed by atoms with Crippen molar-refractivity contribution in [3.63, 3.8) is 0 Å². The van der Waals surface area contributed by atoms with Gasteiger partial charge in [-0.2, -0.15) is 5.10 Å².